The predicted molar refractivity (Wildman–Crippen MR) is 77.2 cm³/mol. The smallest absolute Gasteiger partial charge is 0.269 e. The van der Waals surface area contributed by atoms with Crippen molar-refractivity contribution in [3.63, 3.8) is 0 Å². The van der Waals surface area contributed by atoms with Crippen molar-refractivity contribution in [2.24, 2.45) is 0 Å². The number of non-ortho nitro benzene ring substituents is 1. The highest BCUT2D eigenvalue weighted by atomic mass is 16.6. The van der Waals surface area contributed by atoms with Gasteiger partial charge in [-0.2, -0.15) is 0 Å². The third-order valence-corrected chi connectivity index (χ3v) is 3.04. The summed E-state index contributed by atoms with van der Waals surface area (Å²) in [5.41, 5.74) is 0.439. The van der Waals surface area contributed by atoms with Crippen molar-refractivity contribution in [1.29, 1.82) is 0 Å². The van der Waals surface area contributed by atoms with E-state index in [-0.39, 0.29) is 18.0 Å². The molecule has 0 N–H and O–H groups in total. The molecular formula is C15H16N2O4. The number of aryl methyl sites for hydroxylation is 1. The highest BCUT2D eigenvalue weighted by molar-refractivity contribution is 5.97. The van der Waals surface area contributed by atoms with Crippen LogP contribution >= 0.6 is 0 Å². The Morgan fingerprint density at radius 1 is 1.24 bits per heavy atom. The highest BCUT2D eigenvalue weighted by Gasteiger charge is 2.13. The number of hydrogen-bond donors (Lipinski definition) is 0. The van der Waals surface area contributed by atoms with Gasteiger partial charge in [0.1, 0.15) is 11.5 Å². The fourth-order valence-corrected chi connectivity index (χ4v) is 2.00. The third kappa shape index (κ3) is 4.00. The number of furan rings is 1. The van der Waals surface area contributed by atoms with Gasteiger partial charge in [-0.15, -0.1) is 0 Å². The standard InChI is InChI=1S/C15H16N2O4/c1-11-3-8-14(21-11)9-16(2)10-15(18)12-4-6-13(7-5-12)17(19)20/h3-8H,9-10H2,1-2H3. The van der Waals surface area contributed by atoms with Crippen LogP contribution in [-0.4, -0.2) is 29.2 Å². The zero-order chi connectivity index (χ0) is 15.4. The third-order valence-electron chi connectivity index (χ3n) is 3.04. The summed E-state index contributed by atoms with van der Waals surface area (Å²) in [6.07, 6.45) is 0. The van der Waals surface area contributed by atoms with Gasteiger partial charge in [-0.1, -0.05) is 0 Å². The summed E-state index contributed by atoms with van der Waals surface area (Å²) in [7, 11) is 1.82. The molecule has 0 saturated heterocycles. The van der Waals surface area contributed by atoms with Crippen molar-refractivity contribution in [1.82, 2.24) is 4.90 Å². The molecule has 0 aliphatic heterocycles. The molecule has 1 aromatic heterocycles. The highest BCUT2D eigenvalue weighted by Crippen LogP contribution is 2.13. The van der Waals surface area contributed by atoms with Crippen LogP contribution in [0.4, 0.5) is 5.69 Å². The van der Waals surface area contributed by atoms with Crippen molar-refractivity contribution in [3.8, 4) is 0 Å². The van der Waals surface area contributed by atoms with Gasteiger partial charge in [-0.3, -0.25) is 19.8 Å². The first-order valence-corrected chi connectivity index (χ1v) is 6.47. The Hall–Kier alpha value is -2.47. The number of Topliss-reactive ketones (excluding diaryl/α,β-unsaturated/α-hetero) is 1. The van der Waals surface area contributed by atoms with Gasteiger partial charge >= 0.3 is 0 Å². The SMILES string of the molecule is Cc1ccc(CN(C)CC(=O)c2ccc([N+](=O)[O-])cc2)o1. The molecule has 0 aliphatic rings. The number of likely N-dealkylation sites (N-methyl/N-ethyl adjacent to an activating group) is 1. The van der Waals surface area contributed by atoms with Crippen LogP contribution in [0, 0.1) is 17.0 Å². The Bertz CT molecular complexity index is 646. The molecule has 2 rings (SSSR count). The first kappa shape index (κ1) is 14.9. The Morgan fingerprint density at radius 2 is 1.90 bits per heavy atom. The van der Waals surface area contributed by atoms with E-state index in [1.165, 1.54) is 24.3 Å². The first-order chi connectivity index (χ1) is 9.95. The molecule has 0 spiro atoms. The van der Waals surface area contributed by atoms with Crippen molar-refractivity contribution >= 4 is 11.5 Å². The number of nitro groups is 1. The van der Waals surface area contributed by atoms with Gasteiger partial charge in [-0.05, 0) is 38.2 Å². The van der Waals surface area contributed by atoms with E-state index in [1.807, 2.05) is 31.0 Å². The van der Waals surface area contributed by atoms with Gasteiger partial charge in [0.2, 0.25) is 0 Å². The lowest BCUT2D eigenvalue weighted by molar-refractivity contribution is -0.384. The number of nitro benzene ring substituents is 1. The lowest BCUT2D eigenvalue weighted by Gasteiger charge is -2.14. The maximum absolute atomic E-state index is 12.1. The van der Waals surface area contributed by atoms with E-state index in [0.29, 0.717) is 12.1 Å². The maximum atomic E-state index is 12.1. The van der Waals surface area contributed by atoms with Gasteiger partial charge in [0, 0.05) is 17.7 Å². The summed E-state index contributed by atoms with van der Waals surface area (Å²) in [5.74, 6) is 1.54. The number of carbonyl (C=O) groups excluding carboxylic acids is 1. The van der Waals surface area contributed by atoms with Gasteiger partial charge in [0.05, 0.1) is 18.0 Å². The molecule has 1 aromatic carbocycles. The molecule has 0 fully saturated rings. The van der Waals surface area contributed by atoms with Gasteiger partial charge < -0.3 is 4.42 Å². The van der Waals surface area contributed by atoms with E-state index >= 15 is 0 Å². The van der Waals surface area contributed by atoms with E-state index in [0.717, 1.165) is 11.5 Å². The van der Waals surface area contributed by atoms with Crippen LogP contribution in [0.25, 0.3) is 0 Å². The molecule has 2 aromatic rings. The molecule has 0 amide bonds. The number of ketones is 1. The minimum atomic E-state index is -0.486. The summed E-state index contributed by atoms with van der Waals surface area (Å²) in [4.78, 5) is 24.0. The van der Waals surface area contributed by atoms with Crippen LogP contribution in [0.5, 0.6) is 0 Å². The predicted octanol–water partition coefficient (Wildman–Crippen LogP) is 2.81. The largest absolute Gasteiger partial charge is 0.465 e. The fourth-order valence-electron chi connectivity index (χ4n) is 2.00. The Labute approximate surface area is 122 Å². The first-order valence-electron chi connectivity index (χ1n) is 6.47. The number of carbonyl (C=O) groups is 1. The lowest BCUT2D eigenvalue weighted by atomic mass is 10.1. The molecule has 0 saturated carbocycles. The Kier molecular flexibility index (Phi) is 4.49. The summed E-state index contributed by atoms with van der Waals surface area (Å²) in [6.45, 7) is 2.62. The van der Waals surface area contributed by atoms with Crippen LogP contribution in [-0.2, 0) is 6.54 Å². The molecule has 21 heavy (non-hydrogen) atoms. The van der Waals surface area contributed by atoms with Crippen LogP contribution in [0.3, 0.4) is 0 Å². The normalized spacial score (nSPS) is 10.8. The molecule has 0 atom stereocenters. The second-order valence-electron chi connectivity index (χ2n) is 4.91. The molecule has 0 bridgehead atoms. The Morgan fingerprint density at radius 3 is 2.43 bits per heavy atom. The Balaban J connectivity index is 1.95. The van der Waals surface area contributed by atoms with Crippen LogP contribution in [0.15, 0.2) is 40.8 Å². The quantitative estimate of drug-likeness (QED) is 0.464. The summed E-state index contributed by atoms with van der Waals surface area (Å²) in [6, 6.07) is 9.38. The van der Waals surface area contributed by atoms with Crippen molar-refractivity contribution in [2.45, 2.75) is 13.5 Å². The molecule has 0 aliphatic carbocycles. The minimum Gasteiger partial charge on any atom is -0.465 e. The summed E-state index contributed by atoms with van der Waals surface area (Å²) >= 11 is 0. The van der Waals surface area contributed by atoms with Gasteiger partial charge in [0.25, 0.3) is 5.69 Å². The van der Waals surface area contributed by atoms with E-state index in [2.05, 4.69) is 0 Å². The number of benzene rings is 1. The fraction of sp³-hybridized carbons (Fsp3) is 0.267. The van der Waals surface area contributed by atoms with Crippen LogP contribution in [0.2, 0.25) is 0 Å². The average Bonchev–Trinajstić information content (AvgIpc) is 2.83. The molecular weight excluding hydrogens is 272 g/mol. The molecule has 110 valence electrons. The molecule has 6 heteroatoms. The monoisotopic (exact) mass is 288 g/mol. The van der Waals surface area contributed by atoms with Crippen LogP contribution in [0.1, 0.15) is 21.9 Å². The van der Waals surface area contributed by atoms with E-state index in [1.54, 1.807) is 0 Å². The van der Waals surface area contributed by atoms with E-state index in [9.17, 15) is 14.9 Å². The van der Waals surface area contributed by atoms with E-state index < -0.39 is 4.92 Å². The van der Waals surface area contributed by atoms with Crippen LogP contribution < -0.4 is 0 Å². The number of rotatable bonds is 6. The number of nitrogens with zero attached hydrogens (tertiary/aromatic N) is 2. The zero-order valence-corrected chi connectivity index (χ0v) is 11.9. The van der Waals surface area contributed by atoms with Crippen molar-refractivity contribution in [3.05, 3.63) is 63.6 Å². The maximum Gasteiger partial charge on any atom is 0.269 e. The van der Waals surface area contributed by atoms with Gasteiger partial charge in [-0.25, -0.2) is 0 Å². The molecule has 6 nitrogen and oxygen atoms in total. The van der Waals surface area contributed by atoms with E-state index in [4.69, 9.17) is 4.42 Å². The van der Waals surface area contributed by atoms with Crippen molar-refractivity contribution < 1.29 is 14.1 Å². The molecule has 1 heterocycles. The minimum absolute atomic E-state index is 0.0223. The lowest BCUT2D eigenvalue weighted by Crippen LogP contribution is -2.25. The summed E-state index contributed by atoms with van der Waals surface area (Å²) < 4.78 is 5.46. The topological polar surface area (TPSA) is 76.6 Å². The molecule has 0 radical (unpaired) electrons. The van der Waals surface area contributed by atoms with Crippen molar-refractivity contribution in [2.75, 3.05) is 13.6 Å². The molecule has 0 unspecified atom stereocenters. The van der Waals surface area contributed by atoms with Gasteiger partial charge in [0.15, 0.2) is 5.78 Å². The summed E-state index contributed by atoms with van der Waals surface area (Å²) in [5, 5.41) is 10.6. The average molecular weight is 288 g/mol. The second-order valence-corrected chi connectivity index (χ2v) is 4.91. The zero-order valence-electron chi connectivity index (χ0n) is 11.9. The second kappa shape index (κ2) is 6.32. The number of hydrogen-bond acceptors (Lipinski definition) is 5.